The van der Waals surface area contributed by atoms with Gasteiger partial charge in [-0.2, -0.15) is 0 Å². The number of nitrogens with zero attached hydrogens (tertiary/aromatic N) is 2. The van der Waals surface area contributed by atoms with Gasteiger partial charge in [-0.05, 0) is 23.6 Å². The molecule has 0 saturated carbocycles. The molecule has 6 heteroatoms. The molecule has 0 spiro atoms. The molecule has 1 aliphatic rings. The fraction of sp³-hybridized carbons (Fsp3) is 0.364. The van der Waals surface area contributed by atoms with Crippen LogP contribution in [0, 0.1) is 5.92 Å². The lowest BCUT2D eigenvalue weighted by molar-refractivity contribution is -0.134. The first-order valence-corrected chi connectivity index (χ1v) is 10.2. The molecular weight excluding hydrogens is 395 g/mol. The molecule has 4 nitrogen and oxygen atoms in total. The van der Waals surface area contributed by atoms with Crippen LogP contribution in [-0.4, -0.2) is 29.2 Å². The van der Waals surface area contributed by atoms with E-state index >= 15 is 0 Å². The second-order valence-electron chi connectivity index (χ2n) is 7.41. The molecule has 0 unspecified atom stereocenters. The second kappa shape index (κ2) is 9.44. The maximum atomic E-state index is 12.8. The normalized spacial score (nSPS) is 16.0. The van der Waals surface area contributed by atoms with Crippen LogP contribution in [-0.2, 0) is 16.2 Å². The van der Waals surface area contributed by atoms with E-state index in [4.69, 9.17) is 28.0 Å². The number of rotatable bonds is 7. The summed E-state index contributed by atoms with van der Waals surface area (Å²) in [4.78, 5) is 20.3. The molecule has 2 aromatic carbocycles. The van der Waals surface area contributed by atoms with Gasteiger partial charge in [-0.15, -0.1) is 0 Å². The van der Waals surface area contributed by atoms with Gasteiger partial charge in [0.15, 0.2) is 6.10 Å². The maximum Gasteiger partial charge on any atom is 0.223 e. The maximum absolute atomic E-state index is 12.8. The Balaban J connectivity index is 1.71. The monoisotopic (exact) mass is 418 g/mol. The third-order valence-corrected chi connectivity index (χ3v) is 5.29. The SMILES string of the molecule is CC(C)CC(=O)N(Cc1ccccc1Cl)C[C@@H]1CC(c2ccccc2Cl)=NO1. The second-order valence-corrected chi connectivity index (χ2v) is 8.23. The van der Waals surface area contributed by atoms with Crippen molar-refractivity contribution >= 4 is 34.8 Å². The molecule has 3 rings (SSSR count). The molecule has 1 aliphatic heterocycles. The molecule has 148 valence electrons. The molecule has 1 heterocycles. The number of oxime groups is 1. The summed E-state index contributed by atoms with van der Waals surface area (Å²) in [7, 11) is 0. The third kappa shape index (κ3) is 5.27. The summed E-state index contributed by atoms with van der Waals surface area (Å²) in [5.41, 5.74) is 2.61. The van der Waals surface area contributed by atoms with E-state index in [1.165, 1.54) is 0 Å². The van der Waals surface area contributed by atoms with Crippen LogP contribution in [0.2, 0.25) is 10.0 Å². The summed E-state index contributed by atoms with van der Waals surface area (Å²) in [5, 5.41) is 5.52. The van der Waals surface area contributed by atoms with Gasteiger partial charge in [0.2, 0.25) is 5.91 Å². The number of amides is 1. The highest BCUT2D eigenvalue weighted by Crippen LogP contribution is 2.25. The van der Waals surface area contributed by atoms with Gasteiger partial charge in [-0.3, -0.25) is 4.79 Å². The first-order valence-electron chi connectivity index (χ1n) is 9.42. The van der Waals surface area contributed by atoms with Crippen molar-refractivity contribution in [3.63, 3.8) is 0 Å². The Hall–Kier alpha value is -2.04. The van der Waals surface area contributed by atoms with Crippen molar-refractivity contribution in [1.82, 2.24) is 4.90 Å². The van der Waals surface area contributed by atoms with Crippen molar-refractivity contribution in [2.45, 2.75) is 39.3 Å². The number of halogens is 2. The Morgan fingerprint density at radius 2 is 1.82 bits per heavy atom. The minimum atomic E-state index is -0.204. The van der Waals surface area contributed by atoms with Crippen molar-refractivity contribution in [3.8, 4) is 0 Å². The van der Waals surface area contributed by atoms with E-state index in [9.17, 15) is 4.79 Å². The predicted octanol–water partition coefficient (Wildman–Crippen LogP) is 5.56. The number of hydrogen-bond donors (Lipinski definition) is 0. The summed E-state index contributed by atoms with van der Waals surface area (Å²) >= 11 is 12.6. The number of carbonyl (C=O) groups is 1. The van der Waals surface area contributed by atoms with E-state index in [1.807, 2.05) is 67.3 Å². The fourth-order valence-electron chi connectivity index (χ4n) is 3.19. The van der Waals surface area contributed by atoms with E-state index in [0.717, 1.165) is 16.8 Å². The Bertz CT molecular complexity index is 867. The average molecular weight is 419 g/mol. The molecule has 0 radical (unpaired) electrons. The highest BCUT2D eigenvalue weighted by molar-refractivity contribution is 6.34. The highest BCUT2D eigenvalue weighted by atomic mass is 35.5. The van der Waals surface area contributed by atoms with E-state index in [1.54, 1.807) is 0 Å². The van der Waals surface area contributed by atoms with Crippen LogP contribution in [0.15, 0.2) is 53.7 Å². The van der Waals surface area contributed by atoms with E-state index in [0.29, 0.717) is 36.0 Å². The van der Waals surface area contributed by atoms with E-state index in [2.05, 4.69) is 5.16 Å². The van der Waals surface area contributed by atoms with Crippen molar-refractivity contribution < 1.29 is 9.63 Å². The third-order valence-electron chi connectivity index (χ3n) is 4.60. The zero-order valence-electron chi connectivity index (χ0n) is 16.1. The molecule has 1 atom stereocenters. The topological polar surface area (TPSA) is 41.9 Å². The van der Waals surface area contributed by atoms with Gasteiger partial charge in [0.1, 0.15) is 0 Å². The number of benzene rings is 2. The van der Waals surface area contributed by atoms with Gasteiger partial charge in [-0.25, -0.2) is 0 Å². The van der Waals surface area contributed by atoms with Crippen LogP contribution in [0.25, 0.3) is 0 Å². The summed E-state index contributed by atoms with van der Waals surface area (Å²) in [6.45, 7) is 4.98. The molecule has 0 aliphatic carbocycles. The van der Waals surface area contributed by atoms with Gasteiger partial charge in [0.25, 0.3) is 0 Å². The van der Waals surface area contributed by atoms with Gasteiger partial charge in [0.05, 0.1) is 12.3 Å². The minimum Gasteiger partial charge on any atom is -0.390 e. The van der Waals surface area contributed by atoms with Crippen molar-refractivity contribution in [2.75, 3.05) is 6.54 Å². The van der Waals surface area contributed by atoms with Gasteiger partial charge in [0, 0.05) is 35.0 Å². The lowest BCUT2D eigenvalue weighted by Crippen LogP contribution is -2.37. The predicted molar refractivity (Wildman–Crippen MR) is 114 cm³/mol. The smallest absolute Gasteiger partial charge is 0.223 e. The quantitative estimate of drug-likeness (QED) is 0.590. The first kappa shape index (κ1) is 20.7. The van der Waals surface area contributed by atoms with Crippen molar-refractivity contribution in [3.05, 3.63) is 69.7 Å². The molecule has 0 fully saturated rings. The molecule has 0 aromatic heterocycles. The zero-order valence-corrected chi connectivity index (χ0v) is 17.6. The molecular formula is C22H24Cl2N2O2. The van der Waals surface area contributed by atoms with Crippen LogP contribution >= 0.6 is 23.2 Å². The Kier molecular flexibility index (Phi) is 6.97. The van der Waals surface area contributed by atoms with Crippen LogP contribution in [0.4, 0.5) is 0 Å². The Labute approximate surface area is 176 Å². The van der Waals surface area contributed by atoms with E-state index < -0.39 is 0 Å². The largest absolute Gasteiger partial charge is 0.390 e. The first-order chi connectivity index (χ1) is 13.4. The van der Waals surface area contributed by atoms with Gasteiger partial charge < -0.3 is 9.74 Å². The lowest BCUT2D eigenvalue weighted by atomic mass is 10.0. The zero-order chi connectivity index (χ0) is 20.1. The number of hydrogen-bond acceptors (Lipinski definition) is 3. The molecule has 2 aromatic rings. The summed E-state index contributed by atoms with van der Waals surface area (Å²) in [5.74, 6) is 0.366. The van der Waals surface area contributed by atoms with Crippen LogP contribution in [0.3, 0.4) is 0 Å². The molecule has 0 N–H and O–H groups in total. The fourth-order valence-corrected chi connectivity index (χ4v) is 3.63. The van der Waals surface area contributed by atoms with E-state index in [-0.39, 0.29) is 17.9 Å². The number of carbonyl (C=O) groups excluding carboxylic acids is 1. The summed E-state index contributed by atoms with van der Waals surface area (Å²) in [6, 6.07) is 15.2. The highest BCUT2D eigenvalue weighted by Gasteiger charge is 2.28. The minimum absolute atomic E-state index is 0.0877. The average Bonchev–Trinajstić information content (AvgIpc) is 3.11. The summed E-state index contributed by atoms with van der Waals surface area (Å²) < 4.78 is 0. The Morgan fingerprint density at radius 1 is 1.14 bits per heavy atom. The van der Waals surface area contributed by atoms with Crippen LogP contribution in [0.5, 0.6) is 0 Å². The van der Waals surface area contributed by atoms with Gasteiger partial charge in [-0.1, -0.05) is 78.6 Å². The Morgan fingerprint density at radius 3 is 2.50 bits per heavy atom. The van der Waals surface area contributed by atoms with Crippen molar-refractivity contribution in [1.29, 1.82) is 0 Å². The molecule has 1 amide bonds. The molecule has 0 saturated heterocycles. The molecule has 28 heavy (non-hydrogen) atoms. The molecule has 0 bridgehead atoms. The van der Waals surface area contributed by atoms with Crippen LogP contribution in [0.1, 0.15) is 37.8 Å². The van der Waals surface area contributed by atoms with Crippen LogP contribution < -0.4 is 0 Å². The summed E-state index contributed by atoms with van der Waals surface area (Å²) in [6.07, 6.45) is 0.887. The standard InChI is InChI=1S/C22H24Cl2N2O2/c1-15(2)11-22(27)26(13-16-7-3-5-9-19(16)23)14-17-12-21(25-28-17)18-8-4-6-10-20(18)24/h3-10,15,17H,11-14H2,1-2H3/t17-/m0/s1. The lowest BCUT2D eigenvalue weighted by Gasteiger charge is -2.26. The van der Waals surface area contributed by atoms with Crippen molar-refractivity contribution in [2.24, 2.45) is 11.1 Å². The van der Waals surface area contributed by atoms with Gasteiger partial charge >= 0.3 is 0 Å².